The molecule has 2 rings (SSSR count). The van der Waals surface area contributed by atoms with Gasteiger partial charge in [0, 0.05) is 23.7 Å². The summed E-state index contributed by atoms with van der Waals surface area (Å²) < 4.78 is 0. The van der Waals surface area contributed by atoms with Gasteiger partial charge < -0.3 is 10.2 Å². The van der Waals surface area contributed by atoms with Crippen LogP contribution in [0.1, 0.15) is 18.4 Å². The maximum absolute atomic E-state index is 3.22. The van der Waals surface area contributed by atoms with Crippen molar-refractivity contribution in [3.8, 4) is 0 Å². The lowest BCUT2D eigenvalue weighted by Gasteiger charge is -2.36. The van der Waals surface area contributed by atoms with E-state index >= 15 is 0 Å². The fraction of sp³-hybridized carbons (Fsp3) is 0.571. The van der Waals surface area contributed by atoms with Crippen molar-refractivity contribution in [1.29, 1.82) is 0 Å². The van der Waals surface area contributed by atoms with Crippen LogP contribution in [-0.4, -0.2) is 32.4 Å². The Hall–Kier alpha value is -0.670. The van der Waals surface area contributed by atoms with Crippen molar-refractivity contribution in [2.75, 3.05) is 31.3 Å². The van der Waals surface area contributed by atoms with Crippen LogP contribution in [0.3, 0.4) is 0 Å². The largest absolute Gasteiger partial charge is 0.370 e. The van der Waals surface area contributed by atoms with Gasteiger partial charge in [0.2, 0.25) is 0 Å². The molecule has 1 aromatic rings. The van der Waals surface area contributed by atoms with Gasteiger partial charge in [-0.15, -0.1) is 11.8 Å². The predicted molar refractivity (Wildman–Crippen MR) is 77.3 cm³/mol. The minimum atomic E-state index is 0.684. The fourth-order valence-electron chi connectivity index (χ4n) is 2.31. The molecule has 0 radical (unpaired) electrons. The number of nitrogens with zero attached hydrogens (tertiary/aromatic N) is 1. The maximum atomic E-state index is 3.22. The zero-order chi connectivity index (χ0) is 12.3. The molecule has 0 saturated heterocycles. The smallest absolute Gasteiger partial charge is 0.0504 e. The second-order valence-corrected chi connectivity index (χ2v) is 5.85. The van der Waals surface area contributed by atoms with E-state index < -0.39 is 0 Å². The zero-order valence-corrected chi connectivity index (χ0v) is 11.8. The van der Waals surface area contributed by atoms with Gasteiger partial charge in [0.1, 0.15) is 0 Å². The quantitative estimate of drug-likeness (QED) is 0.827. The first-order valence-electron chi connectivity index (χ1n) is 6.33. The second kappa shape index (κ2) is 5.78. The summed E-state index contributed by atoms with van der Waals surface area (Å²) in [5, 5.41) is 3.22. The normalized spacial score (nSPS) is 19.2. The molecule has 1 aliphatic heterocycles. The molecule has 2 nitrogen and oxygen atoms in total. The SMILES string of the molecule is CNCCCC1CSc2cc(C)ccc2N1C. The van der Waals surface area contributed by atoms with E-state index in [9.17, 15) is 0 Å². The average molecular weight is 250 g/mol. The van der Waals surface area contributed by atoms with Crippen LogP contribution in [0.2, 0.25) is 0 Å². The number of rotatable bonds is 4. The molecular formula is C14H22N2S. The van der Waals surface area contributed by atoms with Gasteiger partial charge in [-0.05, 0) is 51.1 Å². The van der Waals surface area contributed by atoms with Crippen LogP contribution in [0, 0.1) is 6.92 Å². The highest BCUT2D eigenvalue weighted by Gasteiger charge is 2.23. The van der Waals surface area contributed by atoms with E-state index in [1.165, 1.54) is 34.7 Å². The van der Waals surface area contributed by atoms with Crippen molar-refractivity contribution in [2.45, 2.75) is 30.7 Å². The van der Waals surface area contributed by atoms with Crippen molar-refractivity contribution in [3.05, 3.63) is 23.8 Å². The second-order valence-electron chi connectivity index (χ2n) is 4.79. The molecule has 0 saturated carbocycles. The molecule has 1 N–H and O–H groups in total. The van der Waals surface area contributed by atoms with E-state index in [2.05, 4.69) is 42.4 Å². The molecule has 0 spiro atoms. The molecule has 0 aromatic heterocycles. The average Bonchev–Trinajstić information content (AvgIpc) is 2.32. The van der Waals surface area contributed by atoms with Crippen molar-refractivity contribution in [3.63, 3.8) is 0 Å². The van der Waals surface area contributed by atoms with Crippen molar-refractivity contribution in [2.24, 2.45) is 0 Å². The molecular weight excluding hydrogens is 228 g/mol. The Morgan fingerprint density at radius 1 is 1.47 bits per heavy atom. The number of benzene rings is 1. The van der Waals surface area contributed by atoms with E-state index in [4.69, 9.17) is 0 Å². The molecule has 0 aliphatic carbocycles. The first-order valence-corrected chi connectivity index (χ1v) is 7.32. The summed E-state index contributed by atoms with van der Waals surface area (Å²) in [6.45, 7) is 3.29. The number of hydrogen-bond acceptors (Lipinski definition) is 3. The molecule has 94 valence electrons. The predicted octanol–water partition coefficient (Wildman–Crippen LogP) is 2.91. The molecule has 0 fully saturated rings. The summed E-state index contributed by atoms with van der Waals surface area (Å²) in [6.07, 6.45) is 2.53. The summed E-state index contributed by atoms with van der Waals surface area (Å²) in [6, 6.07) is 7.47. The Kier molecular flexibility index (Phi) is 4.35. The van der Waals surface area contributed by atoms with Crippen LogP contribution in [0.25, 0.3) is 0 Å². The number of anilines is 1. The number of nitrogens with one attached hydrogen (secondary N) is 1. The fourth-order valence-corrected chi connectivity index (χ4v) is 3.71. The molecule has 1 atom stereocenters. The highest BCUT2D eigenvalue weighted by Crippen LogP contribution is 2.38. The Bertz CT molecular complexity index is 378. The molecule has 0 bridgehead atoms. The Balaban J connectivity index is 2.05. The van der Waals surface area contributed by atoms with Gasteiger partial charge in [-0.1, -0.05) is 6.07 Å². The Labute approximate surface area is 109 Å². The Morgan fingerprint density at radius 3 is 3.06 bits per heavy atom. The van der Waals surface area contributed by atoms with Gasteiger partial charge in [0.25, 0.3) is 0 Å². The standard InChI is InChI=1S/C14H22N2S/c1-11-6-7-13-14(9-11)17-10-12(16(13)3)5-4-8-15-2/h6-7,9,12,15H,4-5,8,10H2,1-3H3. The highest BCUT2D eigenvalue weighted by atomic mass is 32.2. The minimum Gasteiger partial charge on any atom is -0.370 e. The molecule has 1 aromatic carbocycles. The maximum Gasteiger partial charge on any atom is 0.0504 e. The van der Waals surface area contributed by atoms with Gasteiger partial charge in [-0.25, -0.2) is 0 Å². The van der Waals surface area contributed by atoms with E-state index in [0.29, 0.717) is 6.04 Å². The molecule has 1 aliphatic rings. The highest BCUT2D eigenvalue weighted by molar-refractivity contribution is 7.99. The molecule has 1 unspecified atom stereocenters. The lowest BCUT2D eigenvalue weighted by molar-refractivity contribution is 0.577. The zero-order valence-electron chi connectivity index (χ0n) is 11.0. The number of hydrogen-bond donors (Lipinski definition) is 1. The van der Waals surface area contributed by atoms with Crippen molar-refractivity contribution < 1.29 is 0 Å². The third-order valence-corrected chi connectivity index (χ3v) is 4.63. The van der Waals surface area contributed by atoms with E-state index in [1.54, 1.807) is 0 Å². The molecule has 3 heteroatoms. The van der Waals surface area contributed by atoms with Crippen LogP contribution < -0.4 is 10.2 Å². The van der Waals surface area contributed by atoms with Gasteiger partial charge in [-0.3, -0.25) is 0 Å². The number of fused-ring (bicyclic) bond motifs is 1. The molecule has 1 heterocycles. The lowest BCUT2D eigenvalue weighted by atomic mass is 10.1. The summed E-state index contributed by atoms with van der Waals surface area (Å²) in [4.78, 5) is 3.90. The molecule has 17 heavy (non-hydrogen) atoms. The van der Waals surface area contributed by atoms with Gasteiger partial charge in [0.15, 0.2) is 0 Å². The van der Waals surface area contributed by atoms with E-state index in [1.807, 2.05) is 18.8 Å². The summed E-state index contributed by atoms with van der Waals surface area (Å²) >= 11 is 2.01. The lowest BCUT2D eigenvalue weighted by Crippen LogP contribution is -2.37. The van der Waals surface area contributed by atoms with Crippen molar-refractivity contribution >= 4 is 17.4 Å². The summed E-state index contributed by atoms with van der Waals surface area (Å²) in [5.74, 6) is 1.22. The van der Waals surface area contributed by atoms with Crippen LogP contribution >= 0.6 is 11.8 Å². The van der Waals surface area contributed by atoms with Crippen LogP contribution in [0.4, 0.5) is 5.69 Å². The van der Waals surface area contributed by atoms with Crippen LogP contribution in [0.5, 0.6) is 0 Å². The topological polar surface area (TPSA) is 15.3 Å². The molecule has 0 amide bonds. The minimum absolute atomic E-state index is 0.684. The Morgan fingerprint density at radius 2 is 2.29 bits per heavy atom. The van der Waals surface area contributed by atoms with Gasteiger partial charge >= 0.3 is 0 Å². The summed E-state index contributed by atoms with van der Waals surface area (Å²) in [5.41, 5.74) is 2.76. The van der Waals surface area contributed by atoms with Gasteiger partial charge in [-0.2, -0.15) is 0 Å². The van der Waals surface area contributed by atoms with E-state index in [0.717, 1.165) is 6.54 Å². The first kappa shape index (κ1) is 12.8. The van der Waals surface area contributed by atoms with Crippen LogP contribution in [0.15, 0.2) is 23.1 Å². The summed E-state index contributed by atoms with van der Waals surface area (Å²) in [7, 11) is 4.26. The third-order valence-electron chi connectivity index (χ3n) is 3.44. The number of aryl methyl sites for hydroxylation is 1. The van der Waals surface area contributed by atoms with Crippen LogP contribution in [-0.2, 0) is 0 Å². The van der Waals surface area contributed by atoms with Crippen molar-refractivity contribution in [1.82, 2.24) is 5.32 Å². The van der Waals surface area contributed by atoms with E-state index in [-0.39, 0.29) is 0 Å². The van der Waals surface area contributed by atoms with Gasteiger partial charge in [0.05, 0.1) is 5.69 Å². The monoisotopic (exact) mass is 250 g/mol. The third kappa shape index (κ3) is 2.96. The first-order chi connectivity index (χ1) is 8.22. The number of thioether (sulfide) groups is 1.